The molecule has 1 N–H and O–H groups in total. The van der Waals surface area contributed by atoms with Gasteiger partial charge in [-0.25, -0.2) is 4.39 Å². The second kappa shape index (κ2) is 6.98. The fourth-order valence-electron chi connectivity index (χ4n) is 2.70. The van der Waals surface area contributed by atoms with Crippen LogP contribution in [-0.4, -0.2) is 44.3 Å². The third-order valence-corrected chi connectivity index (χ3v) is 3.68. The van der Waals surface area contributed by atoms with Gasteiger partial charge in [0.1, 0.15) is 5.82 Å². The standard InChI is InChI=1S/C15H23FN2O/c1-3-15(13-6-4-5-7-14(13)16)18(2)11-12-10-17-8-9-19-12/h4-7,12,15,17H,3,8-11H2,1-2H3. The van der Waals surface area contributed by atoms with Gasteiger partial charge in [0.15, 0.2) is 0 Å². The van der Waals surface area contributed by atoms with E-state index in [0.29, 0.717) is 0 Å². The van der Waals surface area contributed by atoms with Crippen LogP contribution < -0.4 is 5.32 Å². The lowest BCUT2D eigenvalue weighted by Gasteiger charge is -2.33. The quantitative estimate of drug-likeness (QED) is 0.884. The molecule has 0 spiro atoms. The van der Waals surface area contributed by atoms with Crippen LogP contribution in [0, 0.1) is 5.82 Å². The van der Waals surface area contributed by atoms with E-state index in [9.17, 15) is 4.39 Å². The molecule has 1 aliphatic heterocycles. The van der Waals surface area contributed by atoms with E-state index < -0.39 is 0 Å². The predicted molar refractivity (Wildman–Crippen MR) is 74.7 cm³/mol. The lowest BCUT2D eigenvalue weighted by molar-refractivity contribution is 0.00200. The van der Waals surface area contributed by atoms with Gasteiger partial charge in [0.25, 0.3) is 0 Å². The number of hydrogen-bond donors (Lipinski definition) is 1. The summed E-state index contributed by atoms with van der Waals surface area (Å²) in [7, 11) is 2.04. The minimum atomic E-state index is -0.121. The Hall–Kier alpha value is -0.970. The molecular formula is C15H23FN2O. The predicted octanol–water partition coefficient (Wildman–Crippen LogP) is 2.20. The van der Waals surface area contributed by atoms with Crippen LogP contribution in [0.3, 0.4) is 0 Å². The monoisotopic (exact) mass is 266 g/mol. The molecule has 2 rings (SSSR count). The van der Waals surface area contributed by atoms with E-state index in [4.69, 9.17) is 4.74 Å². The normalized spacial score (nSPS) is 21.6. The van der Waals surface area contributed by atoms with E-state index >= 15 is 0 Å². The van der Waals surface area contributed by atoms with Gasteiger partial charge in [-0.05, 0) is 19.5 Å². The van der Waals surface area contributed by atoms with Crippen molar-refractivity contribution in [3.63, 3.8) is 0 Å². The smallest absolute Gasteiger partial charge is 0.127 e. The Morgan fingerprint density at radius 1 is 1.47 bits per heavy atom. The van der Waals surface area contributed by atoms with E-state index in [1.54, 1.807) is 6.07 Å². The molecule has 1 saturated heterocycles. The second-order valence-corrected chi connectivity index (χ2v) is 5.08. The van der Waals surface area contributed by atoms with Crippen LogP contribution in [0.4, 0.5) is 4.39 Å². The largest absolute Gasteiger partial charge is 0.374 e. The van der Waals surface area contributed by atoms with E-state index in [1.165, 1.54) is 6.07 Å². The van der Waals surface area contributed by atoms with Crippen molar-refractivity contribution in [3.05, 3.63) is 35.6 Å². The second-order valence-electron chi connectivity index (χ2n) is 5.08. The molecule has 2 atom stereocenters. The van der Waals surface area contributed by atoms with Crippen molar-refractivity contribution in [3.8, 4) is 0 Å². The summed E-state index contributed by atoms with van der Waals surface area (Å²) in [6.45, 7) is 5.46. The van der Waals surface area contributed by atoms with Crippen molar-refractivity contribution in [1.29, 1.82) is 0 Å². The Labute approximate surface area is 114 Å². The molecular weight excluding hydrogens is 243 g/mol. The van der Waals surface area contributed by atoms with E-state index in [1.807, 2.05) is 19.2 Å². The summed E-state index contributed by atoms with van der Waals surface area (Å²) in [4.78, 5) is 2.19. The lowest BCUT2D eigenvalue weighted by Crippen LogP contribution is -2.45. The van der Waals surface area contributed by atoms with Gasteiger partial charge in [-0.2, -0.15) is 0 Å². The van der Waals surface area contributed by atoms with Crippen LogP contribution in [0.25, 0.3) is 0 Å². The van der Waals surface area contributed by atoms with Crippen LogP contribution in [0.2, 0.25) is 0 Å². The number of halogens is 1. The summed E-state index contributed by atoms with van der Waals surface area (Å²) in [6.07, 6.45) is 1.08. The minimum absolute atomic E-state index is 0.103. The molecule has 0 radical (unpaired) electrons. The maximum Gasteiger partial charge on any atom is 0.127 e. The van der Waals surface area contributed by atoms with Crippen LogP contribution in [0.5, 0.6) is 0 Å². The summed E-state index contributed by atoms with van der Waals surface area (Å²) < 4.78 is 19.6. The highest BCUT2D eigenvalue weighted by Gasteiger charge is 2.22. The van der Waals surface area contributed by atoms with Crippen molar-refractivity contribution < 1.29 is 9.13 Å². The summed E-state index contributed by atoms with van der Waals surface area (Å²) in [5, 5.41) is 3.32. The van der Waals surface area contributed by atoms with Gasteiger partial charge in [-0.3, -0.25) is 4.90 Å². The van der Waals surface area contributed by atoms with Gasteiger partial charge in [0, 0.05) is 31.2 Å². The van der Waals surface area contributed by atoms with Crippen molar-refractivity contribution in [2.75, 3.05) is 33.3 Å². The highest BCUT2D eigenvalue weighted by atomic mass is 19.1. The van der Waals surface area contributed by atoms with Gasteiger partial charge in [-0.1, -0.05) is 25.1 Å². The Morgan fingerprint density at radius 3 is 2.89 bits per heavy atom. The van der Waals surface area contributed by atoms with Crippen molar-refractivity contribution >= 4 is 0 Å². The first-order valence-electron chi connectivity index (χ1n) is 6.99. The molecule has 0 bridgehead atoms. The number of nitrogens with one attached hydrogen (secondary N) is 1. The Kier molecular flexibility index (Phi) is 5.31. The minimum Gasteiger partial charge on any atom is -0.374 e. The van der Waals surface area contributed by atoms with Crippen LogP contribution in [0.15, 0.2) is 24.3 Å². The van der Waals surface area contributed by atoms with Gasteiger partial charge < -0.3 is 10.1 Å². The Bertz CT molecular complexity index is 393. The first-order valence-corrected chi connectivity index (χ1v) is 6.99. The Balaban J connectivity index is 2.02. The molecule has 0 amide bonds. The number of rotatable bonds is 5. The molecule has 1 heterocycles. The average molecular weight is 266 g/mol. The summed E-state index contributed by atoms with van der Waals surface area (Å²) in [5.41, 5.74) is 0.774. The number of ether oxygens (including phenoxy) is 1. The maximum atomic E-state index is 13.9. The molecule has 2 unspecified atom stereocenters. The molecule has 0 aromatic heterocycles. The van der Waals surface area contributed by atoms with E-state index in [2.05, 4.69) is 17.1 Å². The Morgan fingerprint density at radius 2 is 2.26 bits per heavy atom. The molecule has 0 saturated carbocycles. The van der Waals surface area contributed by atoms with E-state index in [0.717, 1.165) is 38.2 Å². The van der Waals surface area contributed by atoms with Crippen molar-refractivity contribution in [2.45, 2.75) is 25.5 Å². The summed E-state index contributed by atoms with van der Waals surface area (Å²) in [5.74, 6) is -0.121. The third kappa shape index (κ3) is 3.75. The lowest BCUT2D eigenvalue weighted by atomic mass is 10.0. The van der Waals surface area contributed by atoms with Crippen molar-refractivity contribution in [1.82, 2.24) is 10.2 Å². The zero-order valence-corrected chi connectivity index (χ0v) is 11.7. The average Bonchev–Trinajstić information content (AvgIpc) is 2.43. The molecule has 3 nitrogen and oxygen atoms in total. The number of hydrogen-bond acceptors (Lipinski definition) is 3. The maximum absolute atomic E-state index is 13.9. The van der Waals surface area contributed by atoms with Gasteiger partial charge in [0.2, 0.25) is 0 Å². The molecule has 1 aliphatic rings. The van der Waals surface area contributed by atoms with Crippen molar-refractivity contribution in [2.24, 2.45) is 0 Å². The van der Waals surface area contributed by atoms with Gasteiger partial charge >= 0.3 is 0 Å². The number of likely N-dealkylation sites (N-methyl/N-ethyl adjacent to an activating group) is 1. The third-order valence-electron chi connectivity index (χ3n) is 3.68. The number of nitrogens with zero attached hydrogens (tertiary/aromatic N) is 1. The topological polar surface area (TPSA) is 24.5 Å². The molecule has 0 aliphatic carbocycles. The van der Waals surface area contributed by atoms with Gasteiger partial charge in [-0.15, -0.1) is 0 Å². The SMILES string of the molecule is CCC(c1ccccc1F)N(C)CC1CNCCO1. The first kappa shape index (κ1) is 14.4. The van der Waals surface area contributed by atoms with Crippen LogP contribution in [-0.2, 0) is 4.74 Å². The molecule has 1 aromatic carbocycles. The summed E-state index contributed by atoms with van der Waals surface area (Å²) >= 11 is 0. The zero-order valence-electron chi connectivity index (χ0n) is 11.7. The molecule has 1 aromatic rings. The first-order chi connectivity index (χ1) is 9.22. The number of morpholine rings is 1. The molecule has 106 valence electrons. The fourth-order valence-corrected chi connectivity index (χ4v) is 2.70. The molecule has 19 heavy (non-hydrogen) atoms. The highest BCUT2D eigenvalue weighted by Crippen LogP contribution is 2.25. The van der Waals surface area contributed by atoms with Crippen LogP contribution in [0.1, 0.15) is 24.9 Å². The van der Waals surface area contributed by atoms with Gasteiger partial charge in [0.05, 0.1) is 12.7 Å². The fraction of sp³-hybridized carbons (Fsp3) is 0.600. The highest BCUT2D eigenvalue weighted by molar-refractivity contribution is 5.21. The van der Waals surface area contributed by atoms with E-state index in [-0.39, 0.29) is 18.0 Å². The molecule has 1 fully saturated rings. The molecule has 4 heteroatoms. The number of benzene rings is 1. The van der Waals surface area contributed by atoms with Crippen LogP contribution >= 0.6 is 0 Å². The summed E-state index contributed by atoms with van der Waals surface area (Å²) in [6, 6.07) is 7.14. The zero-order chi connectivity index (χ0) is 13.7.